The molecule has 0 N–H and O–H groups in total. The SMILES string of the molecule is CCC/C(Br)=C1\CO[C@]2(C)C=CC(=O)[C@@H](OC(C)=O)[C@H]12. The van der Waals surface area contributed by atoms with Crippen molar-refractivity contribution in [1.82, 2.24) is 0 Å². The first-order chi connectivity index (χ1) is 9.39. The summed E-state index contributed by atoms with van der Waals surface area (Å²) in [6.45, 7) is 5.79. The molecule has 0 aromatic carbocycles. The summed E-state index contributed by atoms with van der Waals surface area (Å²) in [7, 11) is 0. The lowest BCUT2D eigenvalue weighted by Gasteiger charge is -2.35. The number of hydrogen-bond donors (Lipinski definition) is 0. The van der Waals surface area contributed by atoms with Crippen LogP contribution in [0.4, 0.5) is 0 Å². The third kappa shape index (κ3) is 2.74. The molecule has 1 heterocycles. The van der Waals surface area contributed by atoms with Gasteiger partial charge in [-0.1, -0.05) is 29.3 Å². The molecule has 0 aromatic rings. The van der Waals surface area contributed by atoms with Crippen LogP contribution in [0.2, 0.25) is 0 Å². The lowest BCUT2D eigenvalue weighted by molar-refractivity contribution is -0.157. The van der Waals surface area contributed by atoms with Gasteiger partial charge < -0.3 is 9.47 Å². The van der Waals surface area contributed by atoms with Gasteiger partial charge in [-0.15, -0.1) is 0 Å². The molecule has 0 amide bonds. The molecule has 110 valence electrons. The van der Waals surface area contributed by atoms with E-state index in [0.717, 1.165) is 22.9 Å². The van der Waals surface area contributed by atoms with Crippen molar-refractivity contribution < 1.29 is 19.1 Å². The number of halogens is 1. The van der Waals surface area contributed by atoms with E-state index in [4.69, 9.17) is 9.47 Å². The fourth-order valence-corrected chi connectivity index (χ4v) is 3.59. The summed E-state index contributed by atoms with van der Waals surface area (Å²) in [5, 5.41) is 0. The molecule has 0 radical (unpaired) electrons. The predicted octanol–water partition coefficient (Wildman–Crippen LogP) is 2.91. The van der Waals surface area contributed by atoms with Gasteiger partial charge in [0.1, 0.15) is 0 Å². The molecule has 0 aromatic heterocycles. The molecule has 2 rings (SSSR count). The van der Waals surface area contributed by atoms with Gasteiger partial charge in [0.05, 0.1) is 18.1 Å². The van der Waals surface area contributed by atoms with Crippen LogP contribution in [-0.4, -0.2) is 30.1 Å². The molecule has 1 saturated heterocycles. The summed E-state index contributed by atoms with van der Waals surface area (Å²) in [5.74, 6) is -0.869. The number of allylic oxidation sites excluding steroid dienone is 1. The number of ether oxygens (including phenoxy) is 2. The topological polar surface area (TPSA) is 52.6 Å². The molecule has 4 nitrogen and oxygen atoms in total. The van der Waals surface area contributed by atoms with Gasteiger partial charge in [0.15, 0.2) is 11.9 Å². The third-order valence-corrected chi connectivity index (χ3v) is 4.71. The van der Waals surface area contributed by atoms with E-state index in [2.05, 4.69) is 22.9 Å². The molecule has 1 fully saturated rings. The minimum Gasteiger partial charge on any atom is -0.453 e. The maximum absolute atomic E-state index is 12.1. The first kappa shape index (κ1) is 15.4. The molecule has 2 aliphatic rings. The van der Waals surface area contributed by atoms with E-state index < -0.39 is 17.7 Å². The van der Waals surface area contributed by atoms with Crippen molar-refractivity contribution in [3.63, 3.8) is 0 Å². The van der Waals surface area contributed by atoms with Gasteiger partial charge in [-0.3, -0.25) is 9.59 Å². The Kier molecular flexibility index (Phi) is 4.49. The summed E-state index contributed by atoms with van der Waals surface area (Å²) < 4.78 is 12.2. The molecule has 5 heteroatoms. The normalized spacial score (nSPS) is 34.9. The van der Waals surface area contributed by atoms with Gasteiger partial charge in [-0.2, -0.15) is 0 Å². The van der Waals surface area contributed by atoms with Gasteiger partial charge in [0, 0.05) is 6.92 Å². The van der Waals surface area contributed by atoms with E-state index in [1.165, 1.54) is 13.0 Å². The molecule has 0 spiro atoms. The Hall–Kier alpha value is -0.940. The van der Waals surface area contributed by atoms with E-state index in [1.54, 1.807) is 6.08 Å². The Balaban J connectivity index is 2.42. The van der Waals surface area contributed by atoms with Crippen molar-refractivity contribution >= 4 is 27.7 Å². The second kappa shape index (κ2) is 5.82. The Morgan fingerprint density at radius 2 is 2.30 bits per heavy atom. The van der Waals surface area contributed by atoms with Crippen LogP contribution in [0, 0.1) is 5.92 Å². The van der Waals surface area contributed by atoms with Crippen molar-refractivity contribution in [1.29, 1.82) is 0 Å². The second-order valence-electron chi connectivity index (χ2n) is 5.40. The smallest absolute Gasteiger partial charge is 0.303 e. The highest BCUT2D eigenvalue weighted by molar-refractivity contribution is 9.11. The molecular formula is C15H19BrO4. The monoisotopic (exact) mass is 342 g/mol. The lowest BCUT2D eigenvalue weighted by Crippen LogP contribution is -2.47. The molecule has 0 unspecified atom stereocenters. The van der Waals surface area contributed by atoms with Gasteiger partial charge in [-0.25, -0.2) is 0 Å². The van der Waals surface area contributed by atoms with E-state index in [9.17, 15) is 9.59 Å². The first-order valence-electron chi connectivity index (χ1n) is 6.80. The number of esters is 1. The number of ketones is 1. The fraction of sp³-hybridized carbons (Fsp3) is 0.600. The van der Waals surface area contributed by atoms with Crippen molar-refractivity contribution in [2.75, 3.05) is 6.61 Å². The van der Waals surface area contributed by atoms with Crippen LogP contribution in [0.3, 0.4) is 0 Å². The molecular weight excluding hydrogens is 324 g/mol. The molecule has 1 aliphatic heterocycles. The Morgan fingerprint density at radius 3 is 2.90 bits per heavy atom. The average Bonchev–Trinajstić information content (AvgIpc) is 2.72. The molecule has 0 saturated carbocycles. The van der Waals surface area contributed by atoms with Crippen LogP contribution < -0.4 is 0 Å². The zero-order valence-electron chi connectivity index (χ0n) is 11.9. The minimum atomic E-state index is -0.788. The van der Waals surface area contributed by atoms with E-state index >= 15 is 0 Å². The second-order valence-corrected chi connectivity index (χ2v) is 6.35. The van der Waals surface area contributed by atoms with Gasteiger partial charge in [0.2, 0.25) is 0 Å². The first-order valence-corrected chi connectivity index (χ1v) is 7.60. The highest BCUT2D eigenvalue weighted by Crippen LogP contribution is 2.45. The van der Waals surface area contributed by atoms with Crippen LogP contribution in [0.1, 0.15) is 33.6 Å². The Morgan fingerprint density at radius 1 is 1.60 bits per heavy atom. The quantitative estimate of drug-likeness (QED) is 0.740. The van der Waals surface area contributed by atoms with Gasteiger partial charge >= 0.3 is 5.97 Å². The van der Waals surface area contributed by atoms with E-state index in [0.29, 0.717) is 6.61 Å². The number of carbonyl (C=O) groups is 2. The van der Waals surface area contributed by atoms with Crippen molar-refractivity contribution in [3.05, 3.63) is 22.2 Å². The fourth-order valence-electron chi connectivity index (χ4n) is 2.83. The summed E-state index contributed by atoms with van der Waals surface area (Å²) in [6, 6.07) is 0. The predicted molar refractivity (Wildman–Crippen MR) is 78.4 cm³/mol. The van der Waals surface area contributed by atoms with Crippen molar-refractivity contribution in [3.8, 4) is 0 Å². The van der Waals surface area contributed by atoms with Crippen LogP contribution in [0.5, 0.6) is 0 Å². The molecule has 3 atom stereocenters. The maximum atomic E-state index is 12.1. The molecule has 1 aliphatic carbocycles. The molecule has 20 heavy (non-hydrogen) atoms. The van der Waals surface area contributed by atoms with Crippen LogP contribution >= 0.6 is 15.9 Å². The number of hydrogen-bond acceptors (Lipinski definition) is 4. The van der Waals surface area contributed by atoms with Crippen LogP contribution in [0.25, 0.3) is 0 Å². The zero-order valence-corrected chi connectivity index (χ0v) is 13.5. The average molecular weight is 343 g/mol. The Labute approximate surface area is 127 Å². The minimum absolute atomic E-state index is 0.178. The summed E-state index contributed by atoms with van der Waals surface area (Å²) in [4.78, 5) is 23.4. The summed E-state index contributed by atoms with van der Waals surface area (Å²) >= 11 is 3.59. The van der Waals surface area contributed by atoms with E-state index in [1.807, 2.05) is 6.92 Å². The van der Waals surface area contributed by atoms with Crippen LogP contribution in [0.15, 0.2) is 22.2 Å². The summed E-state index contributed by atoms with van der Waals surface area (Å²) in [6.07, 6.45) is 4.33. The van der Waals surface area contributed by atoms with Gasteiger partial charge in [-0.05, 0) is 35.6 Å². The lowest BCUT2D eigenvalue weighted by atomic mass is 9.76. The van der Waals surface area contributed by atoms with Crippen molar-refractivity contribution in [2.24, 2.45) is 5.92 Å². The largest absolute Gasteiger partial charge is 0.453 e. The van der Waals surface area contributed by atoms with Gasteiger partial charge in [0.25, 0.3) is 0 Å². The highest BCUT2D eigenvalue weighted by Gasteiger charge is 2.52. The number of carbonyl (C=O) groups excluding carboxylic acids is 2. The zero-order chi connectivity index (χ0) is 14.9. The van der Waals surface area contributed by atoms with Crippen molar-refractivity contribution in [2.45, 2.75) is 45.3 Å². The van der Waals surface area contributed by atoms with Crippen LogP contribution in [-0.2, 0) is 19.1 Å². The molecule has 0 bridgehead atoms. The summed E-state index contributed by atoms with van der Waals surface area (Å²) in [5.41, 5.74) is 0.439. The van der Waals surface area contributed by atoms with E-state index in [-0.39, 0.29) is 11.7 Å². The maximum Gasteiger partial charge on any atom is 0.303 e. The number of rotatable bonds is 3. The highest BCUT2D eigenvalue weighted by atomic mass is 79.9. The number of fused-ring (bicyclic) bond motifs is 1. The Bertz CT molecular complexity index is 494. The standard InChI is InChI=1S/C15H19BrO4/c1-4-5-11(16)10-8-19-15(3)7-6-12(18)14(13(10)15)20-9(2)17/h6-7,13-14H,4-5,8H2,1-3H3/b11-10-/t13-,14+,15+/m0/s1. The third-order valence-electron chi connectivity index (χ3n) is 3.80.